The van der Waals surface area contributed by atoms with Crippen molar-refractivity contribution in [3.63, 3.8) is 0 Å². The first-order valence-corrected chi connectivity index (χ1v) is 6.42. The van der Waals surface area contributed by atoms with Crippen LogP contribution in [0.1, 0.15) is 37.9 Å². The third-order valence-electron chi connectivity index (χ3n) is 3.15. The van der Waals surface area contributed by atoms with E-state index in [2.05, 4.69) is 47.1 Å². The van der Waals surface area contributed by atoms with Crippen LogP contribution in [0.2, 0.25) is 0 Å². The Bertz CT molecular complexity index is 303. The Labute approximate surface area is 100.0 Å². The summed E-state index contributed by atoms with van der Waals surface area (Å²) < 4.78 is 6.98. The average molecular weight is 269 g/mol. The van der Waals surface area contributed by atoms with E-state index in [-0.39, 0.29) is 6.10 Å². The minimum Gasteiger partial charge on any atom is -0.374 e. The molecular formula is C13H17BrO. The van der Waals surface area contributed by atoms with Gasteiger partial charge in [0.1, 0.15) is 0 Å². The van der Waals surface area contributed by atoms with Gasteiger partial charge < -0.3 is 4.74 Å². The molecule has 0 spiro atoms. The normalized spacial score (nSPS) is 18.5. The van der Waals surface area contributed by atoms with E-state index in [4.69, 9.17) is 4.74 Å². The highest BCUT2D eigenvalue weighted by atomic mass is 79.9. The highest BCUT2D eigenvalue weighted by Gasteiger charge is 2.18. The summed E-state index contributed by atoms with van der Waals surface area (Å²) in [5.74, 6) is 0.822. The van der Waals surface area contributed by atoms with Gasteiger partial charge in [0.2, 0.25) is 0 Å². The van der Waals surface area contributed by atoms with Gasteiger partial charge >= 0.3 is 0 Å². The number of hydrogen-bond donors (Lipinski definition) is 0. The molecule has 1 aromatic rings. The average Bonchev–Trinajstić information content (AvgIpc) is 2.16. The molecule has 1 aliphatic carbocycles. The van der Waals surface area contributed by atoms with Crippen molar-refractivity contribution >= 4 is 15.9 Å². The minimum atomic E-state index is 0.221. The Morgan fingerprint density at radius 3 is 2.53 bits per heavy atom. The number of rotatable bonds is 4. The molecular weight excluding hydrogens is 252 g/mol. The molecule has 0 aliphatic heterocycles. The van der Waals surface area contributed by atoms with E-state index in [0.717, 1.165) is 17.0 Å². The topological polar surface area (TPSA) is 9.23 Å². The molecule has 1 atom stereocenters. The zero-order valence-corrected chi connectivity index (χ0v) is 10.7. The molecule has 0 unspecified atom stereocenters. The summed E-state index contributed by atoms with van der Waals surface area (Å²) in [5, 5.41) is 0. The molecule has 0 amide bonds. The summed E-state index contributed by atoms with van der Waals surface area (Å²) in [4.78, 5) is 0. The summed E-state index contributed by atoms with van der Waals surface area (Å²) in [7, 11) is 0. The van der Waals surface area contributed by atoms with Crippen LogP contribution in [0.25, 0.3) is 0 Å². The van der Waals surface area contributed by atoms with Crippen molar-refractivity contribution < 1.29 is 4.74 Å². The van der Waals surface area contributed by atoms with E-state index in [1.165, 1.54) is 24.8 Å². The first-order chi connectivity index (χ1) is 7.25. The molecule has 2 heteroatoms. The third kappa shape index (κ3) is 3.05. The van der Waals surface area contributed by atoms with Gasteiger partial charge in [0, 0.05) is 4.47 Å². The van der Waals surface area contributed by atoms with Crippen molar-refractivity contribution in [2.45, 2.75) is 32.3 Å². The Morgan fingerprint density at radius 2 is 2.00 bits per heavy atom. The standard InChI is InChI=1S/C13H17BrO/c1-10(15-9-11-3-2-4-11)12-5-7-13(14)8-6-12/h5-8,10-11H,2-4,9H2,1H3/t10-/m0/s1. The van der Waals surface area contributed by atoms with Gasteiger partial charge in [-0.2, -0.15) is 0 Å². The highest BCUT2D eigenvalue weighted by molar-refractivity contribution is 9.10. The maximum absolute atomic E-state index is 5.86. The molecule has 0 radical (unpaired) electrons. The van der Waals surface area contributed by atoms with Crippen LogP contribution in [0.15, 0.2) is 28.7 Å². The zero-order chi connectivity index (χ0) is 10.7. The fourth-order valence-corrected chi connectivity index (χ4v) is 2.03. The van der Waals surface area contributed by atoms with E-state index in [1.807, 2.05) is 0 Å². The van der Waals surface area contributed by atoms with Gasteiger partial charge in [-0.3, -0.25) is 0 Å². The summed E-state index contributed by atoms with van der Waals surface area (Å²) in [6, 6.07) is 8.38. The molecule has 1 aliphatic rings. The van der Waals surface area contributed by atoms with Crippen molar-refractivity contribution in [3.8, 4) is 0 Å². The summed E-state index contributed by atoms with van der Waals surface area (Å²) in [5.41, 5.74) is 1.26. The number of benzene rings is 1. The molecule has 15 heavy (non-hydrogen) atoms. The maximum Gasteiger partial charge on any atom is 0.0796 e. The van der Waals surface area contributed by atoms with Gasteiger partial charge in [-0.25, -0.2) is 0 Å². The molecule has 0 heterocycles. The van der Waals surface area contributed by atoms with Crippen molar-refractivity contribution in [2.24, 2.45) is 5.92 Å². The van der Waals surface area contributed by atoms with Crippen LogP contribution in [0.5, 0.6) is 0 Å². The van der Waals surface area contributed by atoms with Crippen LogP contribution in [-0.4, -0.2) is 6.61 Å². The van der Waals surface area contributed by atoms with Crippen LogP contribution in [-0.2, 0) is 4.74 Å². The maximum atomic E-state index is 5.86. The van der Waals surface area contributed by atoms with Gasteiger partial charge in [0.05, 0.1) is 12.7 Å². The first kappa shape index (κ1) is 11.2. The third-order valence-corrected chi connectivity index (χ3v) is 3.67. The Kier molecular flexibility index (Phi) is 3.81. The first-order valence-electron chi connectivity index (χ1n) is 5.63. The molecule has 0 N–H and O–H groups in total. The summed E-state index contributed by atoms with van der Waals surface area (Å²) in [6.07, 6.45) is 4.32. The summed E-state index contributed by atoms with van der Waals surface area (Å²) in [6.45, 7) is 3.05. The van der Waals surface area contributed by atoms with Crippen LogP contribution in [0.4, 0.5) is 0 Å². The monoisotopic (exact) mass is 268 g/mol. The van der Waals surface area contributed by atoms with E-state index in [1.54, 1.807) is 0 Å². The smallest absolute Gasteiger partial charge is 0.0796 e. The molecule has 0 bridgehead atoms. The fourth-order valence-electron chi connectivity index (χ4n) is 1.77. The molecule has 2 rings (SSSR count). The quantitative estimate of drug-likeness (QED) is 0.790. The second-order valence-corrected chi connectivity index (χ2v) is 5.24. The lowest BCUT2D eigenvalue weighted by molar-refractivity contribution is 0.0193. The van der Waals surface area contributed by atoms with Crippen LogP contribution in [0.3, 0.4) is 0 Å². The van der Waals surface area contributed by atoms with Crippen LogP contribution >= 0.6 is 15.9 Å². The lowest BCUT2D eigenvalue weighted by atomic mass is 9.86. The van der Waals surface area contributed by atoms with E-state index < -0.39 is 0 Å². The van der Waals surface area contributed by atoms with E-state index in [9.17, 15) is 0 Å². The van der Waals surface area contributed by atoms with Crippen LogP contribution in [0, 0.1) is 5.92 Å². The predicted octanol–water partition coefficient (Wildman–Crippen LogP) is 4.33. The molecule has 1 aromatic carbocycles. The molecule has 1 fully saturated rings. The van der Waals surface area contributed by atoms with Crippen molar-refractivity contribution in [1.82, 2.24) is 0 Å². The van der Waals surface area contributed by atoms with Crippen molar-refractivity contribution in [3.05, 3.63) is 34.3 Å². The molecule has 1 saturated carbocycles. The SMILES string of the molecule is C[C@H](OCC1CCC1)c1ccc(Br)cc1. The van der Waals surface area contributed by atoms with E-state index >= 15 is 0 Å². The van der Waals surface area contributed by atoms with Gasteiger partial charge in [0.15, 0.2) is 0 Å². The Morgan fingerprint density at radius 1 is 1.33 bits per heavy atom. The number of halogens is 1. The van der Waals surface area contributed by atoms with Gasteiger partial charge in [-0.15, -0.1) is 0 Å². The van der Waals surface area contributed by atoms with Gasteiger partial charge in [-0.05, 0) is 43.4 Å². The largest absolute Gasteiger partial charge is 0.374 e. The number of ether oxygens (including phenoxy) is 1. The molecule has 82 valence electrons. The number of hydrogen-bond acceptors (Lipinski definition) is 1. The van der Waals surface area contributed by atoms with Crippen molar-refractivity contribution in [2.75, 3.05) is 6.61 Å². The van der Waals surface area contributed by atoms with Crippen molar-refractivity contribution in [1.29, 1.82) is 0 Å². The molecule has 1 nitrogen and oxygen atoms in total. The summed E-state index contributed by atoms with van der Waals surface area (Å²) >= 11 is 3.44. The zero-order valence-electron chi connectivity index (χ0n) is 9.08. The molecule has 0 saturated heterocycles. The molecule has 0 aromatic heterocycles. The van der Waals surface area contributed by atoms with Crippen LogP contribution < -0.4 is 0 Å². The fraction of sp³-hybridized carbons (Fsp3) is 0.538. The van der Waals surface area contributed by atoms with E-state index in [0.29, 0.717) is 0 Å². The predicted molar refractivity (Wildman–Crippen MR) is 65.9 cm³/mol. The lowest BCUT2D eigenvalue weighted by Gasteiger charge is -2.26. The second-order valence-electron chi connectivity index (χ2n) is 4.32. The Balaban J connectivity index is 1.83. The highest BCUT2D eigenvalue weighted by Crippen LogP contribution is 2.28. The second kappa shape index (κ2) is 5.13. The minimum absolute atomic E-state index is 0.221. The van der Waals surface area contributed by atoms with Gasteiger partial charge in [-0.1, -0.05) is 34.5 Å². The van der Waals surface area contributed by atoms with Gasteiger partial charge in [0.25, 0.3) is 0 Å². The lowest BCUT2D eigenvalue weighted by Crippen LogP contribution is -2.18. The Hall–Kier alpha value is -0.340.